The maximum absolute atomic E-state index is 10.2. The van der Waals surface area contributed by atoms with E-state index in [1.165, 1.54) is 0 Å². The first-order valence-electron chi connectivity index (χ1n) is 20.2. The van der Waals surface area contributed by atoms with Gasteiger partial charge in [-0.25, -0.2) is 0 Å². The number of thiophene rings is 2. The third kappa shape index (κ3) is 6.92. The van der Waals surface area contributed by atoms with Crippen LogP contribution in [0.1, 0.15) is 54.3 Å². The van der Waals surface area contributed by atoms with Gasteiger partial charge in [0.05, 0.1) is 0 Å². The van der Waals surface area contributed by atoms with Crippen LogP contribution in [0.2, 0.25) is 0 Å². The summed E-state index contributed by atoms with van der Waals surface area (Å²) < 4.78 is 2.22. The highest BCUT2D eigenvalue weighted by atomic mass is 32.2. The molecule has 3 aromatic carbocycles. The van der Waals surface area contributed by atoms with Crippen LogP contribution >= 0.6 is 69.7 Å². The number of hydrogen-bond acceptors (Lipinski definition) is 14. The number of thioether (sulfide) groups is 4. The monoisotopic (exact) mass is 978 g/mol. The van der Waals surface area contributed by atoms with E-state index >= 15 is 0 Å². The fourth-order valence-electron chi connectivity index (χ4n) is 9.29. The van der Waals surface area contributed by atoms with Gasteiger partial charge < -0.3 is 0 Å². The van der Waals surface area contributed by atoms with Crippen LogP contribution in [0.5, 0.6) is 0 Å². The summed E-state index contributed by atoms with van der Waals surface area (Å²) in [5.41, 5.74) is 13.0. The summed E-state index contributed by atoms with van der Waals surface area (Å²) in [4.78, 5) is 3.74. The highest BCUT2D eigenvalue weighted by Crippen LogP contribution is 2.60. The predicted octanol–water partition coefficient (Wildman–Crippen LogP) is 14.1. The van der Waals surface area contributed by atoms with Crippen LogP contribution < -0.4 is 0 Å². The topological polar surface area (TPSA) is 190 Å². The summed E-state index contributed by atoms with van der Waals surface area (Å²) in [7, 11) is 0. The number of allylic oxidation sites excluding steroid dienone is 10. The smallest absolute Gasteiger partial charge is 0.138 e. The number of benzene rings is 3. The van der Waals surface area contributed by atoms with Crippen molar-refractivity contribution in [3.05, 3.63) is 169 Å². The molecule has 0 unspecified atom stereocenters. The zero-order valence-electron chi connectivity index (χ0n) is 36.1. The second-order valence-corrected chi connectivity index (χ2v) is 20.9. The standard InChI is InChI=1S/C54H26N8S6/c1-63-53(64-2)49-37-17-40-38(18-39(37)51-43(49)15-31(67-51)13-41-45(27(19-55)20-56)33-9-5-6-10-34(33)46(41)28(21-57)22-58)50(54(65-3)66-4)44-16-32(68-52(40)44)14-42-47(29(23-59)24-60)35-11-7-8-12-36(35)48(42)30(25-61)26-62/h5-18H,1-4H3. The lowest BCUT2D eigenvalue weighted by atomic mass is 9.95. The molecule has 14 heteroatoms. The van der Waals surface area contributed by atoms with E-state index < -0.39 is 0 Å². The Labute approximate surface area is 417 Å². The highest BCUT2D eigenvalue weighted by Gasteiger charge is 2.38. The van der Waals surface area contributed by atoms with E-state index in [0.717, 1.165) is 72.5 Å². The van der Waals surface area contributed by atoms with Crippen LogP contribution in [0.15, 0.2) is 115 Å². The summed E-state index contributed by atoms with van der Waals surface area (Å²) in [6, 6.07) is 39.7. The maximum atomic E-state index is 10.2. The second kappa shape index (κ2) is 18.5. The van der Waals surface area contributed by atoms with Gasteiger partial charge in [0.2, 0.25) is 0 Å². The van der Waals surface area contributed by atoms with Crippen LogP contribution in [0, 0.1) is 90.6 Å². The van der Waals surface area contributed by atoms with Gasteiger partial charge in [0.1, 0.15) is 70.8 Å². The Balaban J connectivity index is 1.27. The molecule has 5 aromatic rings. The lowest BCUT2D eigenvalue weighted by Gasteiger charge is -2.13. The fraction of sp³-hybridized carbons (Fsp3) is 0.0741. The lowest BCUT2D eigenvalue weighted by molar-refractivity contribution is 1.46. The Kier molecular flexibility index (Phi) is 12.4. The quantitative estimate of drug-likeness (QED) is 0.144. The molecule has 0 radical (unpaired) electrons. The molecule has 0 saturated carbocycles. The molecule has 2 heterocycles. The number of rotatable bonds is 6. The van der Waals surface area contributed by atoms with Crippen molar-refractivity contribution in [2.24, 2.45) is 0 Å². The molecule has 0 fully saturated rings. The zero-order chi connectivity index (χ0) is 48.0. The molecule has 0 bridgehead atoms. The van der Waals surface area contributed by atoms with Crippen molar-refractivity contribution in [1.29, 1.82) is 42.1 Å². The molecule has 0 aliphatic heterocycles. The summed E-state index contributed by atoms with van der Waals surface area (Å²) in [6.45, 7) is 0. The van der Waals surface area contributed by atoms with E-state index in [1.807, 2.05) is 36.4 Å². The van der Waals surface area contributed by atoms with Gasteiger partial charge in [0, 0.05) is 83.7 Å². The first kappa shape index (κ1) is 45.5. The van der Waals surface area contributed by atoms with Crippen LogP contribution in [0.4, 0.5) is 0 Å². The molecule has 0 atom stereocenters. The minimum absolute atomic E-state index is 0.110. The number of nitrogens with zero attached hydrogens (tertiary/aromatic N) is 8. The van der Waals surface area contributed by atoms with Crippen molar-refractivity contribution in [2.75, 3.05) is 25.0 Å². The van der Waals surface area contributed by atoms with Crippen molar-refractivity contribution < 1.29 is 0 Å². The van der Waals surface area contributed by atoms with Crippen molar-refractivity contribution in [3.63, 3.8) is 0 Å². The first-order valence-corrected chi connectivity index (χ1v) is 26.7. The molecule has 9 rings (SSSR count). The van der Waals surface area contributed by atoms with Gasteiger partial charge in [0.15, 0.2) is 0 Å². The van der Waals surface area contributed by atoms with Crippen LogP contribution in [0.3, 0.4) is 0 Å². The Morgan fingerprint density at radius 1 is 0.368 bits per heavy atom. The van der Waals surface area contributed by atoms with Gasteiger partial charge in [-0.05, 0) is 106 Å². The van der Waals surface area contributed by atoms with E-state index in [4.69, 9.17) is 0 Å². The number of hydrogen-bond donors (Lipinski definition) is 0. The summed E-state index contributed by atoms with van der Waals surface area (Å²) >= 11 is 9.79. The molecule has 0 saturated heterocycles. The molecule has 8 nitrogen and oxygen atoms in total. The van der Waals surface area contributed by atoms with Crippen LogP contribution in [-0.2, 0) is 0 Å². The first-order chi connectivity index (χ1) is 33.2. The molecule has 4 aliphatic carbocycles. The van der Waals surface area contributed by atoms with E-state index in [9.17, 15) is 42.1 Å². The van der Waals surface area contributed by atoms with Crippen molar-refractivity contribution in [2.45, 2.75) is 0 Å². The molecule has 318 valence electrons. The minimum Gasteiger partial charge on any atom is -0.192 e. The Hall–Kier alpha value is -7.70. The second-order valence-electron chi connectivity index (χ2n) is 15.0. The third-order valence-electron chi connectivity index (χ3n) is 11.9. The van der Waals surface area contributed by atoms with E-state index in [-0.39, 0.29) is 22.3 Å². The van der Waals surface area contributed by atoms with Crippen LogP contribution in [-0.4, -0.2) is 25.0 Å². The number of fused-ring (bicyclic) bond motifs is 8. The van der Waals surface area contributed by atoms with Gasteiger partial charge in [-0.3, -0.25) is 0 Å². The van der Waals surface area contributed by atoms with E-state index in [0.29, 0.717) is 55.7 Å². The normalized spacial score (nSPS) is 12.9. The molecule has 4 aliphatic rings. The van der Waals surface area contributed by atoms with Crippen LogP contribution in [0.25, 0.3) is 66.5 Å². The van der Waals surface area contributed by atoms with Gasteiger partial charge in [-0.2, -0.15) is 42.1 Å². The molecule has 0 amide bonds. The van der Waals surface area contributed by atoms with Gasteiger partial charge in [0.25, 0.3) is 0 Å². The Morgan fingerprint density at radius 3 is 0.897 bits per heavy atom. The summed E-state index contributed by atoms with van der Waals surface area (Å²) in [5, 5.41) is 81.3. The Morgan fingerprint density at radius 2 is 0.647 bits per heavy atom. The predicted molar refractivity (Wildman–Crippen MR) is 281 cm³/mol. The van der Waals surface area contributed by atoms with Crippen molar-refractivity contribution in [3.8, 4) is 69.4 Å². The highest BCUT2D eigenvalue weighted by molar-refractivity contribution is 8.22. The van der Waals surface area contributed by atoms with E-state index in [2.05, 4.69) is 97.8 Å². The molecule has 0 spiro atoms. The third-order valence-corrected chi connectivity index (χ3v) is 18.4. The lowest BCUT2D eigenvalue weighted by Crippen LogP contribution is -1.91. The minimum atomic E-state index is -0.110. The molecular weight excluding hydrogens is 953 g/mol. The average Bonchev–Trinajstić information content (AvgIpc) is 4.21. The van der Waals surface area contributed by atoms with Gasteiger partial charge in [-0.15, -0.1) is 69.7 Å². The fourth-order valence-corrected chi connectivity index (χ4v) is 14.6. The molecule has 2 aromatic heterocycles. The van der Waals surface area contributed by atoms with Gasteiger partial charge in [-0.1, -0.05) is 48.5 Å². The zero-order valence-corrected chi connectivity index (χ0v) is 41.0. The van der Waals surface area contributed by atoms with Crippen molar-refractivity contribution in [1.82, 2.24) is 0 Å². The van der Waals surface area contributed by atoms with Crippen molar-refractivity contribution >= 4 is 115 Å². The Bertz CT molecular complexity index is 3350. The SMILES string of the molecule is CSC(SC)=C1c2cc3c(cc2-c2sc(C=C4C(=C(C#N)C#N)c5ccccc5C4=C(C#N)C#N)cc21)C(=C(SC)SC)c1cc(C=C2C(=C(C#N)C#N)c4ccccc4C2=C(C#N)C#N)sc1-3. The maximum Gasteiger partial charge on any atom is 0.138 e. The largest absolute Gasteiger partial charge is 0.192 e. The molecule has 68 heavy (non-hydrogen) atoms. The molecular formula is C54H26N8S6. The average molecular weight is 979 g/mol. The summed E-state index contributed by atoms with van der Waals surface area (Å²) in [6.07, 6.45) is 12.0. The van der Waals surface area contributed by atoms with Gasteiger partial charge >= 0.3 is 0 Å². The molecule has 0 N–H and O–H groups in total. The van der Waals surface area contributed by atoms with E-state index in [1.54, 1.807) is 94.0 Å². The summed E-state index contributed by atoms with van der Waals surface area (Å²) in [5.74, 6) is 0. The number of nitriles is 8.